The van der Waals surface area contributed by atoms with Crippen molar-refractivity contribution in [1.29, 1.82) is 0 Å². The standard InChI is InChI=1S/C23H28F3N4OP/c1-7-27-20-12-19-17(11-21(20)32(5,6)31)22(30-15(4)29-19)28-14(3)16-9-8-10-18(13(16)2)23(24,25)26/h8-12,14,27H,7H2,1-6H3,(H,28,29,30)/t14-/m1/s1. The van der Waals surface area contributed by atoms with Crippen LogP contribution in [0.2, 0.25) is 0 Å². The van der Waals surface area contributed by atoms with E-state index in [-0.39, 0.29) is 5.56 Å². The smallest absolute Gasteiger partial charge is 0.385 e. The van der Waals surface area contributed by atoms with Crippen LogP contribution in [-0.2, 0) is 10.7 Å². The molecule has 3 rings (SSSR count). The molecular formula is C23H28F3N4OP. The minimum Gasteiger partial charge on any atom is -0.385 e. The molecule has 0 spiro atoms. The fourth-order valence-electron chi connectivity index (χ4n) is 3.88. The highest BCUT2D eigenvalue weighted by Crippen LogP contribution is 2.40. The molecule has 3 aromatic rings. The number of anilines is 2. The Bertz CT molecular complexity index is 1200. The highest BCUT2D eigenvalue weighted by Gasteiger charge is 2.33. The van der Waals surface area contributed by atoms with Crippen molar-refractivity contribution < 1.29 is 17.7 Å². The minimum atomic E-state index is -4.42. The van der Waals surface area contributed by atoms with Gasteiger partial charge in [-0.3, -0.25) is 0 Å². The molecule has 0 saturated carbocycles. The number of hydrogen-bond donors (Lipinski definition) is 2. The van der Waals surface area contributed by atoms with E-state index < -0.39 is 24.9 Å². The number of fused-ring (bicyclic) bond motifs is 1. The van der Waals surface area contributed by atoms with Crippen LogP contribution < -0.4 is 15.9 Å². The number of aromatic nitrogens is 2. The molecule has 32 heavy (non-hydrogen) atoms. The summed E-state index contributed by atoms with van der Waals surface area (Å²) in [5.74, 6) is 1.02. The first-order valence-electron chi connectivity index (χ1n) is 10.4. The lowest BCUT2D eigenvalue weighted by atomic mass is 9.97. The Balaban J connectivity index is 2.12. The average Bonchev–Trinajstić information content (AvgIpc) is 2.65. The van der Waals surface area contributed by atoms with Gasteiger partial charge in [0.25, 0.3) is 0 Å². The van der Waals surface area contributed by atoms with E-state index in [4.69, 9.17) is 0 Å². The van der Waals surface area contributed by atoms with Crippen molar-refractivity contribution >= 4 is 34.9 Å². The van der Waals surface area contributed by atoms with Gasteiger partial charge in [-0.05, 0) is 70.4 Å². The molecule has 172 valence electrons. The van der Waals surface area contributed by atoms with Crippen molar-refractivity contribution in [1.82, 2.24) is 9.97 Å². The molecule has 0 saturated heterocycles. The Morgan fingerprint density at radius 2 is 1.81 bits per heavy atom. The van der Waals surface area contributed by atoms with Crippen molar-refractivity contribution in [3.8, 4) is 0 Å². The Kier molecular flexibility index (Phi) is 6.57. The summed E-state index contributed by atoms with van der Waals surface area (Å²) in [6.07, 6.45) is -4.42. The predicted octanol–water partition coefficient (Wildman–Crippen LogP) is 6.12. The van der Waals surface area contributed by atoms with Crippen molar-refractivity contribution in [2.45, 2.75) is 39.9 Å². The molecule has 9 heteroatoms. The summed E-state index contributed by atoms with van der Waals surface area (Å²) in [6.45, 7) is 11.1. The highest BCUT2D eigenvalue weighted by molar-refractivity contribution is 7.70. The van der Waals surface area contributed by atoms with Crippen LogP contribution in [0, 0.1) is 13.8 Å². The molecule has 0 fully saturated rings. The molecule has 0 radical (unpaired) electrons. The van der Waals surface area contributed by atoms with Gasteiger partial charge in [-0.1, -0.05) is 12.1 Å². The topological polar surface area (TPSA) is 66.9 Å². The molecule has 0 bridgehead atoms. The van der Waals surface area contributed by atoms with Gasteiger partial charge in [0.2, 0.25) is 0 Å². The number of nitrogens with zero attached hydrogens (tertiary/aromatic N) is 2. The highest BCUT2D eigenvalue weighted by atomic mass is 31.2. The number of alkyl halides is 3. The third-order valence-electron chi connectivity index (χ3n) is 5.37. The lowest BCUT2D eigenvalue weighted by molar-refractivity contribution is -0.138. The molecule has 1 aromatic heterocycles. The van der Waals surface area contributed by atoms with E-state index in [0.29, 0.717) is 40.0 Å². The van der Waals surface area contributed by atoms with E-state index in [1.54, 1.807) is 33.2 Å². The maximum absolute atomic E-state index is 13.4. The molecule has 5 nitrogen and oxygen atoms in total. The van der Waals surface area contributed by atoms with Gasteiger partial charge in [0.05, 0.1) is 17.1 Å². The molecule has 1 atom stereocenters. The summed E-state index contributed by atoms with van der Waals surface area (Å²) in [5, 5.41) is 7.87. The minimum absolute atomic E-state index is 0.178. The van der Waals surface area contributed by atoms with Crippen molar-refractivity contribution in [3.05, 3.63) is 52.8 Å². The van der Waals surface area contributed by atoms with Gasteiger partial charge in [-0.15, -0.1) is 0 Å². The number of benzene rings is 2. The fourth-order valence-corrected chi connectivity index (χ4v) is 5.04. The summed E-state index contributed by atoms with van der Waals surface area (Å²) in [6, 6.07) is 7.42. The van der Waals surface area contributed by atoms with Gasteiger partial charge in [-0.25, -0.2) is 9.97 Å². The Morgan fingerprint density at radius 3 is 2.41 bits per heavy atom. The number of halogens is 3. The van der Waals surface area contributed by atoms with Crippen molar-refractivity contribution in [2.75, 3.05) is 30.5 Å². The summed E-state index contributed by atoms with van der Waals surface area (Å²) < 4.78 is 53.0. The quantitative estimate of drug-likeness (QED) is 0.431. The molecule has 0 aliphatic carbocycles. The van der Waals surface area contributed by atoms with Gasteiger partial charge in [0, 0.05) is 22.9 Å². The van der Waals surface area contributed by atoms with Crippen molar-refractivity contribution in [3.63, 3.8) is 0 Å². The van der Waals surface area contributed by atoms with Gasteiger partial charge in [0.15, 0.2) is 0 Å². The zero-order valence-electron chi connectivity index (χ0n) is 19.1. The number of nitrogens with one attached hydrogen (secondary N) is 2. The molecule has 2 aromatic carbocycles. The van der Waals surface area contributed by atoms with Crippen LogP contribution in [0.4, 0.5) is 24.7 Å². The first-order valence-corrected chi connectivity index (χ1v) is 13.0. The maximum Gasteiger partial charge on any atom is 0.416 e. The average molecular weight is 464 g/mol. The summed E-state index contributed by atoms with van der Waals surface area (Å²) in [5.41, 5.74) is 1.49. The lowest BCUT2D eigenvalue weighted by Crippen LogP contribution is -2.16. The first kappa shape index (κ1) is 24.1. The summed E-state index contributed by atoms with van der Waals surface area (Å²) in [4.78, 5) is 9.03. The van der Waals surface area contributed by atoms with E-state index in [0.717, 1.165) is 11.8 Å². The van der Waals surface area contributed by atoms with Gasteiger partial charge >= 0.3 is 6.18 Å². The molecule has 2 N–H and O–H groups in total. The number of aryl methyl sites for hydroxylation is 1. The van der Waals surface area contributed by atoms with Crippen LogP contribution >= 0.6 is 7.14 Å². The molecule has 0 aliphatic rings. The lowest BCUT2D eigenvalue weighted by Gasteiger charge is -2.22. The van der Waals surface area contributed by atoms with E-state index in [9.17, 15) is 17.7 Å². The zero-order valence-corrected chi connectivity index (χ0v) is 19.9. The van der Waals surface area contributed by atoms with E-state index in [1.165, 1.54) is 13.0 Å². The zero-order chi connectivity index (χ0) is 23.8. The Hall–Kier alpha value is -2.60. The normalized spacial score (nSPS) is 13.3. The molecular weight excluding hydrogens is 436 g/mol. The molecule has 0 unspecified atom stereocenters. The first-order chi connectivity index (χ1) is 14.8. The van der Waals surface area contributed by atoms with Crippen LogP contribution in [-0.4, -0.2) is 29.8 Å². The summed E-state index contributed by atoms with van der Waals surface area (Å²) >= 11 is 0. The van der Waals surface area contributed by atoms with Crippen LogP contribution in [0.1, 0.15) is 42.4 Å². The SMILES string of the molecule is CCNc1cc2nc(C)nc(N[C@H](C)c3cccc(C(F)(F)F)c3C)c2cc1P(C)(C)=O. The van der Waals surface area contributed by atoms with Gasteiger partial charge in [0.1, 0.15) is 18.8 Å². The molecule has 0 aliphatic heterocycles. The Morgan fingerprint density at radius 1 is 1.12 bits per heavy atom. The van der Waals surface area contributed by atoms with Gasteiger partial charge < -0.3 is 15.2 Å². The second-order valence-corrected chi connectivity index (χ2v) is 11.5. The van der Waals surface area contributed by atoms with Crippen LogP contribution in [0.25, 0.3) is 10.9 Å². The number of rotatable bonds is 6. The van der Waals surface area contributed by atoms with E-state index >= 15 is 0 Å². The van der Waals surface area contributed by atoms with E-state index in [2.05, 4.69) is 20.6 Å². The predicted molar refractivity (Wildman–Crippen MR) is 126 cm³/mol. The third kappa shape index (κ3) is 4.90. The molecule has 0 amide bonds. The van der Waals surface area contributed by atoms with Gasteiger partial charge in [-0.2, -0.15) is 13.2 Å². The van der Waals surface area contributed by atoms with Crippen LogP contribution in [0.15, 0.2) is 30.3 Å². The van der Waals surface area contributed by atoms with E-state index in [1.807, 2.05) is 19.1 Å². The summed E-state index contributed by atoms with van der Waals surface area (Å²) in [7, 11) is -2.62. The second kappa shape index (κ2) is 8.74. The monoisotopic (exact) mass is 464 g/mol. The van der Waals surface area contributed by atoms with Crippen LogP contribution in [0.3, 0.4) is 0 Å². The molecule has 1 heterocycles. The fraction of sp³-hybridized carbons (Fsp3) is 0.391. The van der Waals surface area contributed by atoms with Crippen LogP contribution in [0.5, 0.6) is 0 Å². The second-order valence-electron chi connectivity index (χ2n) is 8.27. The number of hydrogen-bond acceptors (Lipinski definition) is 5. The van der Waals surface area contributed by atoms with Crippen molar-refractivity contribution in [2.24, 2.45) is 0 Å². The largest absolute Gasteiger partial charge is 0.416 e. The Labute approximate surface area is 186 Å². The maximum atomic E-state index is 13.4. The third-order valence-corrected chi connectivity index (χ3v) is 6.90.